The standard InChI is InChI=1S/C20H20N4O5S/c1-2-23-19(25)13-29-17-7-3-14(4-8-17)11-15(12-21)20(26)24-16-5-9-18(10-6-16)30(22,27)28/h3-11H,2,13H2,1H3,(H,23,25)(H,24,26)(H2,22,27,28)/b15-11-. The van der Waals surface area contributed by atoms with E-state index in [1.807, 2.05) is 13.0 Å². The van der Waals surface area contributed by atoms with Crippen molar-refractivity contribution in [1.29, 1.82) is 5.26 Å². The topological polar surface area (TPSA) is 151 Å². The van der Waals surface area contributed by atoms with Crippen molar-refractivity contribution in [2.24, 2.45) is 5.14 Å². The average molecular weight is 428 g/mol. The number of nitriles is 1. The normalized spacial score (nSPS) is 11.3. The molecule has 0 aromatic heterocycles. The van der Waals surface area contributed by atoms with E-state index in [0.29, 0.717) is 23.5 Å². The lowest BCUT2D eigenvalue weighted by Gasteiger charge is -2.07. The van der Waals surface area contributed by atoms with Gasteiger partial charge in [0.05, 0.1) is 4.90 Å². The molecule has 0 saturated carbocycles. The number of hydrogen-bond donors (Lipinski definition) is 3. The summed E-state index contributed by atoms with van der Waals surface area (Å²) in [6.07, 6.45) is 1.39. The van der Waals surface area contributed by atoms with Crippen LogP contribution in [0.25, 0.3) is 6.08 Å². The number of sulfonamides is 1. The lowest BCUT2D eigenvalue weighted by Crippen LogP contribution is -2.28. The first-order valence-electron chi connectivity index (χ1n) is 8.78. The molecule has 2 amide bonds. The smallest absolute Gasteiger partial charge is 0.266 e. The molecule has 0 fully saturated rings. The molecule has 0 heterocycles. The summed E-state index contributed by atoms with van der Waals surface area (Å²) >= 11 is 0. The molecule has 9 nitrogen and oxygen atoms in total. The van der Waals surface area contributed by atoms with Crippen LogP contribution in [0.5, 0.6) is 5.75 Å². The maximum atomic E-state index is 12.3. The van der Waals surface area contributed by atoms with Crippen molar-refractivity contribution in [3.63, 3.8) is 0 Å². The quantitative estimate of drug-likeness (QED) is 0.427. The van der Waals surface area contributed by atoms with E-state index in [2.05, 4.69) is 10.6 Å². The number of carbonyl (C=O) groups is 2. The number of hydrogen-bond acceptors (Lipinski definition) is 6. The van der Waals surface area contributed by atoms with Crippen molar-refractivity contribution in [3.05, 3.63) is 59.7 Å². The van der Waals surface area contributed by atoms with Gasteiger partial charge < -0.3 is 15.4 Å². The molecule has 2 rings (SSSR count). The molecule has 10 heteroatoms. The monoisotopic (exact) mass is 428 g/mol. The van der Waals surface area contributed by atoms with Crippen molar-refractivity contribution in [3.8, 4) is 11.8 Å². The highest BCUT2D eigenvalue weighted by Crippen LogP contribution is 2.17. The Morgan fingerprint density at radius 2 is 1.77 bits per heavy atom. The van der Waals surface area contributed by atoms with Gasteiger partial charge in [-0.1, -0.05) is 12.1 Å². The van der Waals surface area contributed by atoms with Gasteiger partial charge in [-0.2, -0.15) is 5.26 Å². The highest BCUT2D eigenvalue weighted by Gasteiger charge is 2.11. The van der Waals surface area contributed by atoms with Crippen LogP contribution in [0.15, 0.2) is 59.0 Å². The predicted octanol–water partition coefficient (Wildman–Crippen LogP) is 1.39. The second kappa shape index (κ2) is 10.2. The van der Waals surface area contributed by atoms with Gasteiger partial charge in [0.1, 0.15) is 17.4 Å². The molecule has 0 spiro atoms. The molecule has 0 aliphatic heterocycles. The maximum Gasteiger partial charge on any atom is 0.266 e. The zero-order valence-corrected chi connectivity index (χ0v) is 16.9. The van der Waals surface area contributed by atoms with Crippen LogP contribution < -0.4 is 20.5 Å². The second-order valence-electron chi connectivity index (χ2n) is 6.00. The molecule has 0 bridgehead atoms. The van der Waals surface area contributed by atoms with Gasteiger partial charge in [0.2, 0.25) is 10.0 Å². The molecule has 30 heavy (non-hydrogen) atoms. The number of benzene rings is 2. The molecule has 0 radical (unpaired) electrons. The maximum absolute atomic E-state index is 12.3. The lowest BCUT2D eigenvalue weighted by molar-refractivity contribution is -0.123. The van der Waals surface area contributed by atoms with E-state index in [9.17, 15) is 23.3 Å². The zero-order chi connectivity index (χ0) is 22.1. The fraction of sp³-hybridized carbons (Fsp3) is 0.150. The molecule has 0 unspecified atom stereocenters. The summed E-state index contributed by atoms with van der Waals surface area (Å²) in [7, 11) is -3.83. The molecule has 2 aromatic carbocycles. The first-order chi connectivity index (χ1) is 14.2. The van der Waals surface area contributed by atoms with E-state index in [0.717, 1.165) is 0 Å². The van der Waals surface area contributed by atoms with Crippen LogP contribution in [-0.2, 0) is 19.6 Å². The van der Waals surface area contributed by atoms with Gasteiger partial charge in [-0.3, -0.25) is 9.59 Å². The predicted molar refractivity (Wildman–Crippen MR) is 111 cm³/mol. The lowest BCUT2D eigenvalue weighted by atomic mass is 10.1. The van der Waals surface area contributed by atoms with Crippen molar-refractivity contribution in [2.75, 3.05) is 18.5 Å². The third-order valence-corrected chi connectivity index (χ3v) is 4.67. The molecule has 4 N–H and O–H groups in total. The highest BCUT2D eigenvalue weighted by molar-refractivity contribution is 7.89. The summed E-state index contributed by atoms with van der Waals surface area (Å²) in [4.78, 5) is 23.6. The Morgan fingerprint density at radius 1 is 1.13 bits per heavy atom. The van der Waals surface area contributed by atoms with Crippen molar-refractivity contribution in [1.82, 2.24) is 5.32 Å². The minimum atomic E-state index is -3.83. The average Bonchev–Trinajstić information content (AvgIpc) is 2.71. The van der Waals surface area contributed by atoms with Gasteiger partial charge in [0.15, 0.2) is 6.61 Å². The minimum absolute atomic E-state index is 0.0916. The van der Waals surface area contributed by atoms with Crippen LogP contribution in [0.1, 0.15) is 12.5 Å². The van der Waals surface area contributed by atoms with E-state index in [4.69, 9.17) is 9.88 Å². The van der Waals surface area contributed by atoms with Crippen LogP contribution in [-0.4, -0.2) is 33.4 Å². The van der Waals surface area contributed by atoms with Crippen LogP contribution in [0.3, 0.4) is 0 Å². The first-order valence-corrected chi connectivity index (χ1v) is 10.3. The fourth-order valence-corrected chi connectivity index (χ4v) is 2.81. The zero-order valence-electron chi connectivity index (χ0n) is 16.1. The van der Waals surface area contributed by atoms with Crippen LogP contribution >= 0.6 is 0 Å². The molecule has 0 aliphatic carbocycles. The molecule has 0 aliphatic rings. The number of likely N-dealkylation sites (N-methyl/N-ethyl adjacent to an activating group) is 1. The Kier molecular flexibility index (Phi) is 7.69. The number of primary sulfonamides is 1. The minimum Gasteiger partial charge on any atom is -0.484 e. The van der Waals surface area contributed by atoms with Crippen LogP contribution in [0.2, 0.25) is 0 Å². The molecule has 2 aromatic rings. The number of nitrogens with one attached hydrogen (secondary N) is 2. The Balaban J connectivity index is 2.04. The number of carbonyl (C=O) groups excluding carboxylic acids is 2. The summed E-state index contributed by atoms with van der Waals surface area (Å²) in [6, 6.07) is 13.6. The molecule has 0 saturated heterocycles. The Hall–Kier alpha value is -3.68. The molecular formula is C20H20N4O5S. The number of anilines is 1. The van der Waals surface area contributed by atoms with E-state index in [-0.39, 0.29) is 23.0 Å². The summed E-state index contributed by atoms with van der Waals surface area (Å²) in [5.74, 6) is -0.421. The Labute approximate surface area is 174 Å². The largest absolute Gasteiger partial charge is 0.484 e. The fourth-order valence-electron chi connectivity index (χ4n) is 2.30. The van der Waals surface area contributed by atoms with Gasteiger partial charge in [0.25, 0.3) is 11.8 Å². The van der Waals surface area contributed by atoms with Crippen molar-refractivity contribution >= 4 is 33.6 Å². The van der Waals surface area contributed by atoms with E-state index in [1.165, 1.54) is 30.3 Å². The van der Waals surface area contributed by atoms with E-state index in [1.54, 1.807) is 24.3 Å². The molecule has 156 valence electrons. The molecular weight excluding hydrogens is 408 g/mol. The number of nitrogens with two attached hydrogens (primary N) is 1. The number of nitrogens with zero attached hydrogens (tertiary/aromatic N) is 1. The number of rotatable bonds is 8. The third kappa shape index (κ3) is 6.73. The first kappa shape index (κ1) is 22.6. The van der Waals surface area contributed by atoms with Gasteiger partial charge in [-0.25, -0.2) is 13.6 Å². The Bertz CT molecular complexity index is 1090. The van der Waals surface area contributed by atoms with Gasteiger partial charge >= 0.3 is 0 Å². The Morgan fingerprint density at radius 3 is 2.30 bits per heavy atom. The van der Waals surface area contributed by atoms with Crippen molar-refractivity contribution in [2.45, 2.75) is 11.8 Å². The summed E-state index contributed by atoms with van der Waals surface area (Å²) in [5, 5.41) is 19.4. The summed E-state index contributed by atoms with van der Waals surface area (Å²) in [6.45, 7) is 2.21. The summed E-state index contributed by atoms with van der Waals surface area (Å²) in [5.41, 5.74) is 0.737. The second-order valence-corrected chi connectivity index (χ2v) is 7.57. The van der Waals surface area contributed by atoms with Gasteiger partial charge in [-0.15, -0.1) is 0 Å². The highest BCUT2D eigenvalue weighted by atomic mass is 32.2. The SMILES string of the molecule is CCNC(=O)COc1ccc(/C=C(/C#N)C(=O)Nc2ccc(S(N)(=O)=O)cc2)cc1. The van der Waals surface area contributed by atoms with Crippen LogP contribution in [0, 0.1) is 11.3 Å². The van der Waals surface area contributed by atoms with Gasteiger partial charge in [0, 0.05) is 12.2 Å². The van der Waals surface area contributed by atoms with Crippen molar-refractivity contribution < 1.29 is 22.7 Å². The summed E-state index contributed by atoms with van der Waals surface area (Å²) < 4.78 is 27.9. The number of ether oxygens (including phenoxy) is 1. The van der Waals surface area contributed by atoms with Crippen LogP contribution in [0.4, 0.5) is 5.69 Å². The third-order valence-electron chi connectivity index (χ3n) is 3.74. The molecule has 0 atom stereocenters. The van der Waals surface area contributed by atoms with E-state index >= 15 is 0 Å². The van der Waals surface area contributed by atoms with Gasteiger partial charge in [-0.05, 0) is 55.0 Å². The van der Waals surface area contributed by atoms with E-state index < -0.39 is 15.9 Å². The number of amides is 2.